The van der Waals surface area contributed by atoms with Gasteiger partial charge in [-0.2, -0.15) is 5.10 Å². The van der Waals surface area contributed by atoms with Gasteiger partial charge in [-0.15, -0.1) is 0 Å². The number of aromatic nitrogens is 2. The first kappa shape index (κ1) is 12.5. The summed E-state index contributed by atoms with van der Waals surface area (Å²) in [5.74, 6) is 0.423. The Balaban J connectivity index is 2.19. The maximum atomic E-state index is 10.1. The van der Waals surface area contributed by atoms with E-state index in [2.05, 4.69) is 10.4 Å². The first-order valence-corrected chi connectivity index (χ1v) is 6.16. The van der Waals surface area contributed by atoms with Crippen molar-refractivity contribution in [2.45, 2.75) is 24.9 Å². The van der Waals surface area contributed by atoms with Gasteiger partial charge in [-0.3, -0.25) is 4.68 Å². The van der Waals surface area contributed by atoms with Crippen LogP contribution < -0.4 is 5.32 Å². The number of aliphatic hydroxyl groups is 1. The van der Waals surface area contributed by atoms with Crippen molar-refractivity contribution in [1.29, 1.82) is 0 Å². The number of rotatable bonds is 4. The highest BCUT2D eigenvalue weighted by Gasteiger charge is 2.24. The molecule has 5 heteroatoms. The summed E-state index contributed by atoms with van der Waals surface area (Å²) >= 11 is 0. The normalized spacial score (nSPS) is 19.5. The second kappa shape index (κ2) is 5.62. The first-order chi connectivity index (χ1) is 8.22. The van der Waals surface area contributed by atoms with Crippen LogP contribution in [0.3, 0.4) is 0 Å². The summed E-state index contributed by atoms with van der Waals surface area (Å²) in [6.45, 7) is 2.15. The van der Waals surface area contributed by atoms with Crippen LogP contribution in [0, 0.1) is 0 Å². The molecule has 1 aromatic heterocycles. The molecule has 0 aromatic carbocycles. The highest BCUT2D eigenvalue weighted by Crippen LogP contribution is 2.30. The maximum Gasteiger partial charge on any atom is 0.0947 e. The lowest BCUT2D eigenvalue weighted by atomic mass is 9.92. The topological polar surface area (TPSA) is 59.3 Å². The molecule has 96 valence electrons. The van der Waals surface area contributed by atoms with Crippen molar-refractivity contribution in [3.8, 4) is 0 Å². The van der Waals surface area contributed by atoms with E-state index in [9.17, 15) is 5.11 Å². The fourth-order valence-corrected chi connectivity index (χ4v) is 2.37. The Morgan fingerprint density at radius 1 is 1.59 bits per heavy atom. The smallest absolute Gasteiger partial charge is 0.0947 e. The molecule has 1 unspecified atom stereocenters. The van der Waals surface area contributed by atoms with E-state index in [1.807, 2.05) is 20.3 Å². The Kier molecular flexibility index (Phi) is 4.15. The summed E-state index contributed by atoms with van der Waals surface area (Å²) in [5.41, 5.74) is 1.99. The average molecular weight is 239 g/mol. The van der Waals surface area contributed by atoms with Gasteiger partial charge in [-0.25, -0.2) is 0 Å². The van der Waals surface area contributed by atoms with E-state index in [0.29, 0.717) is 12.5 Å². The van der Waals surface area contributed by atoms with Gasteiger partial charge in [0.05, 0.1) is 11.8 Å². The number of hydrogen-bond donors (Lipinski definition) is 2. The van der Waals surface area contributed by atoms with Crippen LogP contribution in [0.4, 0.5) is 0 Å². The van der Waals surface area contributed by atoms with Gasteiger partial charge in [-0.05, 0) is 19.9 Å². The number of aryl methyl sites for hydroxylation is 1. The van der Waals surface area contributed by atoms with E-state index in [1.54, 1.807) is 4.68 Å². The van der Waals surface area contributed by atoms with Crippen LogP contribution in [0.15, 0.2) is 6.20 Å². The van der Waals surface area contributed by atoms with Crippen LogP contribution in [0.2, 0.25) is 0 Å². The molecule has 0 aliphatic carbocycles. The standard InChI is InChI=1S/C12H21N3O2/c1-13-7-11(16)10-8-15(2)14-12(10)9-3-5-17-6-4-9/h8-9,11,13,16H,3-7H2,1-2H3. The summed E-state index contributed by atoms with van der Waals surface area (Å²) in [6.07, 6.45) is 3.44. The lowest BCUT2D eigenvalue weighted by molar-refractivity contribution is 0.0833. The Morgan fingerprint density at radius 2 is 2.29 bits per heavy atom. The van der Waals surface area contributed by atoms with Crippen molar-refractivity contribution in [3.63, 3.8) is 0 Å². The minimum absolute atomic E-state index is 0.423. The lowest BCUT2D eigenvalue weighted by Crippen LogP contribution is -2.20. The van der Waals surface area contributed by atoms with Gasteiger partial charge in [0.1, 0.15) is 0 Å². The summed E-state index contributed by atoms with van der Waals surface area (Å²) in [4.78, 5) is 0. The zero-order valence-electron chi connectivity index (χ0n) is 10.5. The molecule has 1 aromatic rings. The van der Waals surface area contributed by atoms with Gasteiger partial charge in [0.25, 0.3) is 0 Å². The predicted octanol–water partition coefficient (Wildman–Crippen LogP) is 0.567. The quantitative estimate of drug-likeness (QED) is 0.806. The van der Waals surface area contributed by atoms with Crippen LogP contribution in [-0.4, -0.2) is 41.7 Å². The number of aliphatic hydroxyl groups excluding tert-OH is 1. The highest BCUT2D eigenvalue weighted by atomic mass is 16.5. The zero-order chi connectivity index (χ0) is 12.3. The van der Waals surface area contributed by atoms with E-state index in [1.165, 1.54) is 0 Å². The molecule has 0 bridgehead atoms. The first-order valence-electron chi connectivity index (χ1n) is 6.16. The molecule has 0 radical (unpaired) electrons. The molecule has 2 N–H and O–H groups in total. The van der Waals surface area contributed by atoms with Crippen LogP contribution in [-0.2, 0) is 11.8 Å². The molecule has 2 rings (SSSR count). The molecule has 1 aliphatic heterocycles. The van der Waals surface area contributed by atoms with Gasteiger partial charge in [0.2, 0.25) is 0 Å². The number of likely N-dealkylation sites (N-methyl/N-ethyl adjacent to an activating group) is 1. The monoisotopic (exact) mass is 239 g/mol. The van der Waals surface area contributed by atoms with E-state index in [-0.39, 0.29) is 0 Å². The van der Waals surface area contributed by atoms with Gasteiger partial charge < -0.3 is 15.2 Å². The predicted molar refractivity (Wildman–Crippen MR) is 64.9 cm³/mol. The van der Waals surface area contributed by atoms with Crippen molar-refractivity contribution >= 4 is 0 Å². The second-order valence-corrected chi connectivity index (χ2v) is 4.60. The molecule has 0 saturated carbocycles. The molecule has 0 amide bonds. The zero-order valence-corrected chi connectivity index (χ0v) is 10.5. The number of nitrogens with zero attached hydrogens (tertiary/aromatic N) is 2. The highest BCUT2D eigenvalue weighted by molar-refractivity contribution is 5.24. The Hall–Kier alpha value is -0.910. The molecule has 2 heterocycles. The molecule has 17 heavy (non-hydrogen) atoms. The largest absolute Gasteiger partial charge is 0.387 e. The fourth-order valence-electron chi connectivity index (χ4n) is 2.37. The fraction of sp³-hybridized carbons (Fsp3) is 0.750. The van der Waals surface area contributed by atoms with Crippen molar-refractivity contribution in [2.75, 3.05) is 26.8 Å². The molecule has 5 nitrogen and oxygen atoms in total. The van der Waals surface area contributed by atoms with Gasteiger partial charge in [0.15, 0.2) is 0 Å². The molecule has 1 saturated heterocycles. The van der Waals surface area contributed by atoms with E-state index >= 15 is 0 Å². The van der Waals surface area contributed by atoms with Gasteiger partial charge in [0, 0.05) is 44.5 Å². The summed E-state index contributed by atoms with van der Waals surface area (Å²) in [5, 5.41) is 17.6. The molecule has 1 fully saturated rings. The van der Waals surface area contributed by atoms with Crippen molar-refractivity contribution in [1.82, 2.24) is 15.1 Å². The van der Waals surface area contributed by atoms with Gasteiger partial charge >= 0.3 is 0 Å². The van der Waals surface area contributed by atoms with Crippen LogP contribution in [0.25, 0.3) is 0 Å². The minimum atomic E-state index is -0.480. The summed E-state index contributed by atoms with van der Waals surface area (Å²) in [7, 11) is 3.74. The van der Waals surface area contributed by atoms with Crippen LogP contribution >= 0.6 is 0 Å². The third kappa shape index (κ3) is 2.86. The van der Waals surface area contributed by atoms with Crippen molar-refractivity contribution in [2.24, 2.45) is 7.05 Å². The SMILES string of the molecule is CNCC(O)c1cn(C)nc1C1CCOCC1. The molecule has 0 spiro atoms. The number of hydrogen-bond acceptors (Lipinski definition) is 4. The molecule has 1 atom stereocenters. The van der Waals surface area contributed by atoms with E-state index < -0.39 is 6.10 Å². The van der Waals surface area contributed by atoms with Crippen LogP contribution in [0.1, 0.15) is 36.1 Å². The minimum Gasteiger partial charge on any atom is -0.387 e. The lowest BCUT2D eigenvalue weighted by Gasteiger charge is -2.22. The summed E-state index contributed by atoms with van der Waals surface area (Å²) < 4.78 is 7.16. The third-order valence-electron chi connectivity index (χ3n) is 3.25. The van der Waals surface area contributed by atoms with Crippen molar-refractivity contribution in [3.05, 3.63) is 17.5 Å². The molecular formula is C12H21N3O2. The second-order valence-electron chi connectivity index (χ2n) is 4.60. The number of ether oxygens (including phenoxy) is 1. The maximum absolute atomic E-state index is 10.1. The van der Waals surface area contributed by atoms with E-state index in [0.717, 1.165) is 37.3 Å². The molecule has 1 aliphatic rings. The number of nitrogens with one attached hydrogen (secondary N) is 1. The average Bonchev–Trinajstić information content (AvgIpc) is 2.73. The Bertz CT molecular complexity index is 359. The van der Waals surface area contributed by atoms with Crippen LogP contribution in [0.5, 0.6) is 0 Å². The Morgan fingerprint density at radius 3 is 2.94 bits per heavy atom. The molecular weight excluding hydrogens is 218 g/mol. The van der Waals surface area contributed by atoms with Gasteiger partial charge in [-0.1, -0.05) is 0 Å². The summed E-state index contributed by atoms with van der Waals surface area (Å²) in [6, 6.07) is 0. The Labute approximate surface area is 102 Å². The third-order valence-corrected chi connectivity index (χ3v) is 3.25. The van der Waals surface area contributed by atoms with Crippen molar-refractivity contribution < 1.29 is 9.84 Å². The van der Waals surface area contributed by atoms with E-state index in [4.69, 9.17) is 4.74 Å².